The molecule has 0 saturated carbocycles. The van der Waals surface area contributed by atoms with Crippen LogP contribution in [0.2, 0.25) is 0 Å². The van der Waals surface area contributed by atoms with Gasteiger partial charge in [0.2, 0.25) is 5.76 Å². The number of hydrogen-bond donors (Lipinski definition) is 0. The summed E-state index contributed by atoms with van der Waals surface area (Å²) in [7, 11) is 4.60. The Labute approximate surface area is 249 Å². The van der Waals surface area contributed by atoms with E-state index in [0.717, 1.165) is 0 Å². The van der Waals surface area contributed by atoms with Crippen LogP contribution in [-0.2, 0) is 14.3 Å². The molecule has 0 unspecified atom stereocenters. The van der Waals surface area contributed by atoms with E-state index in [1.165, 1.54) is 42.5 Å². The summed E-state index contributed by atoms with van der Waals surface area (Å²) in [5.74, 6) is 0.181. The van der Waals surface area contributed by atoms with E-state index in [4.69, 9.17) is 28.1 Å². The van der Waals surface area contributed by atoms with Crippen molar-refractivity contribution < 1.29 is 37.7 Å². The van der Waals surface area contributed by atoms with Gasteiger partial charge < -0.3 is 28.1 Å². The largest absolute Gasteiger partial charge is 0.497 e. The van der Waals surface area contributed by atoms with E-state index in [9.17, 15) is 14.4 Å². The molecule has 0 bridgehead atoms. The van der Waals surface area contributed by atoms with Crippen LogP contribution in [-0.4, -0.2) is 51.0 Å². The van der Waals surface area contributed by atoms with Gasteiger partial charge >= 0.3 is 11.9 Å². The zero-order valence-corrected chi connectivity index (χ0v) is 24.6. The van der Waals surface area contributed by atoms with E-state index < -0.39 is 18.0 Å². The van der Waals surface area contributed by atoms with Gasteiger partial charge in [0.05, 0.1) is 48.9 Å². The Hall–Kier alpha value is -4.94. The van der Waals surface area contributed by atoms with Gasteiger partial charge in [0, 0.05) is 18.7 Å². The molecule has 0 saturated heterocycles. The van der Waals surface area contributed by atoms with Crippen LogP contribution in [0.15, 0.2) is 86.3 Å². The fraction of sp³-hybridized carbons (Fsp3) is 0.226. The first-order valence-electron chi connectivity index (χ1n) is 13.1. The molecule has 3 heterocycles. The highest BCUT2D eigenvalue weighted by atomic mass is 32.1. The SMILES string of the molecule is COCCOC(=O)C1=C(C)N=c2s/c(=C\c3ccc(OC)cc3OC)c(=O)n2[C@H]1c1ccc(OC(=O)c2ccco2)cc1. The molecule has 1 aliphatic heterocycles. The third kappa shape index (κ3) is 6.15. The number of benzene rings is 2. The maximum Gasteiger partial charge on any atom is 0.379 e. The molecule has 0 spiro atoms. The number of rotatable bonds is 10. The van der Waals surface area contributed by atoms with Crippen molar-refractivity contribution in [2.75, 3.05) is 34.5 Å². The van der Waals surface area contributed by atoms with E-state index in [0.29, 0.717) is 37.7 Å². The average Bonchev–Trinajstić information content (AvgIpc) is 3.66. The van der Waals surface area contributed by atoms with Gasteiger partial charge in [-0.15, -0.1) is 0 Å². The van der Waals surface area contributed by atoms with Gasteiger partial charge in [-0.05, 0) is 55.0 Å². The van der Waals surface area contributed by atoms with Crippen molar-refractivity contribution in [3.05, 3.63) is 109 Å². The first-order valence-corrected chi connectivity index (χ1v) is 13.9. The van der Waals surface area contributed by atoms with Crippen molar-refractivity contribution in [3.63, 3.8) is 0 Å². The van der Waals surface area contributed by atoms with E-state index in [1.807, 2.05) is 0 Å². The zero-order valence-electron chi connectivity index (χ0n) is 23.8. The number of esters is 2. The van der Waals surface area contributed by atoms with E-state index in [2.05, 4.69) is 4.99 Å². The van der Waals surface area contributed by atoms with E-state index >= 15 is 0 Å². The number of methoxy groups -OCH3 is 3. The Bertz CT molecular complexity index is 1850. The van der Waals surface area contributed by atoms with Gasteiger partial charge in [-0.3, -0.25) is 9.36 Å². The third-order valence-corrected chi connectivity index (χ3v) is 7.60. The predicted octanol–water partition coefficient (Wildman–Crippen LogP) is 3.25. The highest BCUT2D eigenvalue weighted by Gasteiger charge is 2.33. The maximum atomic E-state index is 13.9. The molecule has 43 heavy (non-hydrogen) atoms. The van der Waals surface area contributed by atoms with Crippen molar-refractivity contribution in [2.45, 2.75) is 13.0 Å². The van der Waals surface area contributed by atoms with Crippen molar-refractivity contribution in [1.82, 2.24) is 4.57 Å². The minimum absolute atomic E-state index is 0.0299. The molecule has 4 aromatic rings. The molecule has 11 nitrogen and oxygen atoms in total. The molecule has 2 aromatic carbocycles. The van der Waals surface area contributed by atoms with Crippen molar-refractivity contribution in [3.8, 4) is 17.2 Å². The Balaban J connectivity index is 1.59. The molecule has 2 aromatic heterocycles. The first kappa shape index (κ1) is 29.5. The lowest BCUT2D eigenvalue weighted by atomic mass is 9.96. The molecule has 0 fully saturated rings. The van der Waals surface area contributed by atoms with Gasteiger partial charge in [0.15, 0.2) is 4.80 Å². The van der Waals surface area contributed by atoms with Crippen LogP contribution in [0, 0.1) is 0 Å². The lowest BCUT2D eigenvalue weighted by molar-refractivity contribution is -0.140. The van der Waals surface area contributed by atoms with E-state index in [1.54, 1.807) is 68.6 Å². The minimum atomic E-state index is -0.860. The second kappa shape index (κ2) is 12.9. The van der Waals surface area contributed by atoms with Crippen molar-refractivity contribution in [1.29, 1.82) is 0 Å². The van der Waals surface area contributed by atoms with Crippen molar-refractivity contribution >= 4 is 29.4 Å². The minimum Gasteiger partial charge on any atom is -0.497 e. The first-order chi connectivity index (χ1) is 20.8. The monoisotopic (exact) mass is 604 g/mol. The van der Waals surface area contributed by atoms with Crippen LogP contribution < -0.4 is 29.1 Å². The highest BCUT2D eigenvalue weighted by molar-refractivity contribution is 7.07. The second-order valence-corrected chi connectivity index (χ2v) is 10.3. The molecule has 1 atom stereocenters. The van der Waals surface area contributed by atoms with Gasteiger partial charge in [0.25, 0.3) is 5.56 Å². The average molecular weight is 605 g/mol. The van der Waals surface area contributed by atoms with Gasteiger partial charge in [-0.2, -0.15) is 0 Å². The van der Waals surface area contributed by atoms with Crippen LogP contribution in [0.3, 0.4) is 0 Å². The number of hydrogen-bond acceptors (Lipinski definition) is 11. The van der Waals surface area contributed by atoms with Crippen LogP contribution in [0.4, 0.5) is 0 Å². The number of carbonyl (C=O) groups is 2. The summed E-state index contributed by atoms with van der Waals surface area (Å²) in [6.07, 6.45) is 3.09. The lowest BCUT2D eigenvalue weighted by Gasteiger charge is -2.25. The number of thiazole rings is 1. The van der Waals surface area contributed by atoms with Crippen LogP contribution >= 0.6 is 11.3 Å². The summed E-state index contributed by atoms with van der Waals surface area (Å²) in [4.78, 5) is 44.7. The molecular weight excluding hydrogens is 576 g/mol. The molecule has 1 aliphatic rings. The summed E-state index contributed by atoms with van der Waals surface area (Å²) in [5.41, 5.74) is 1.52. The summed E-state index contributed by atoms with van der Waals surface area (Å²) in [6.45, 7) is 1.94. The number of ether oxygens (including phenoxy) is 5. The van der Waals surface area contributed by atoms with Crippen LogP contribution in [0.25, 0.3) is 6.08 Å². The standard InChI is InChI=1S/C31H28N2O9S/c1-18-26(30(36)41-15-14-37-2)27(19-7-10-21(11-8-19)42-29(35)23-6-5-13-40-23)33-28(34)25(43-31(33)32-18)16-20-9-12-22(38-3)17-24(20)39-4/h5-13,16-17,27H,14-15H2,1-4H3/b25-16-/t27-/m0/s1. The van der Waals surface area contributed by atoms with Gasteiger partial charge in [0.1, 0.15) is 23.9 Å². The third-order valence-electron chi connectivity index (χ3n) is 6.62. The van der Waals surface area contributed by atoms with E-state index in [-0.39, 0.29) is 35.9 Å². The maximum absolute atomic E-state index is 13.9. The summed E-state index contributed by atoms with van der Waals surface area (Å²) < 4.78 is 33.6. The Morgan fingerprint density at radius 1 is 1.00 bits per heavy atom. The fourth-order valence-electron chi connectivity index (χ4n) is 4.54. The number of allylic oxidation sites excluding steroid dienone is 1. The molecule has 0 amide bonds. The smallest absolute Gasteiger partial charge is 0.379 e. The Morgan fingerprint density at radius 2 is 1.77 bits per heavy atom. The second-order valence-electron chi connectivity index (χ2n) is 9.25. The number of carbonyl (C=O) groups excluding carboxylic acids is 2. The molecule has 0 radical (unpaired) electrons. The molecule has 12 heteroatoms. The normalized spacial score (nSPS) is 14.6. The highest BCUT2D eigenvalue weighted by Crippen LogP contribution is 2.32. The lowest BCUT2D eigenvalue weighted by Crippen LogP contribution is -2.40. The number of nitrogens with zero attached hydrogens (tertiary/aromatic N) is 2. The van der Waals surface area contributed by atoms with Crippen molar-refractivity contribution in [2.24, 2.45) is 4.99 Å². The summed E-state index contributed by atoms with van der Waals surface area (Å²) in [6, 6.07) is 14.0. The topological polar surface area (TPSA) is 128 Å². The predicted molar refractivity (Wildman–Crippen MR) is 156 cm³/mol. The van der Waals surface area contributed by atoms with Crippen LogP contribution in [0.5, 0.6) is 17.2 Å². The van der Waals surface area contributed by atoms with Gasteiger partial charge in [-0.25, -0.2) is 14.6 Å². The Kier molecular flexibility index (Phi) is 8.88. The molecular formula is C31H28N2O9S. The zero-order chi connectivity index (χ0) is 30.5. The van der Waals surface area contributed by atoms with Crippen LogP contribution in [0.1, 0.15) is 34.6 Å². The Morgan fingerprint density at radius 3 is 2.44 bits per heavy atom. The quantitative estimate of drug-likeness (QED) is 0.152. The summed E-state index contributed by atoms with van der Waals surface area (Å²) >= 11 is 1.19. The fourth-order valence-corrected chi connectivity index (χ4v) is 5.58. The molecule has 5 rings (SSSR count). The van der Waals surface area contributed by atoms with Gasteiger partial charge in [-0.1, -0.05) is 23.5 Å². The molecule has 0 aliphatic carbocycles. The molecule has 222 valence electrons. The summed E-state index contributed by atoms with van der Waals surface area (Å²) in [5, 5.41) is 0. The molecule has 0 N–H and O–H groups in total. The number of furan rings is 1. The number of fused-ring (bicyclic) bond motifs is 1. The number of aromatic nitrogens is 1.